The predicted molar refractivity (Wildman–Crippen MR) is 101 cm³/mol. The molecule has 2 aliphatic heterocycles. The summed E-state index contributed by atoms with van der Waals surface area (Å²) in [6, 6.07) is 9.83. The van der Waals surface area contributed by atoms with E-state index in [1.165, 1.54) is 43.4 Å². The number of hydrogen-bond donors (Lipinski definition) is 0. The molecule has 0 N–H and O–H groups in total. The van der Waals surface area contributed by atoms with E-state index in [2.05, 4.69) is 4.90 Å². The number of anilines is 1. The highest BCUT2D eigenvalue weighted by molar-refractivity contribution is 6.23. The molecule has 2 aliphatic carbocycles. The summed E-state index contributed by atoms with van der Waals surface area (Å²) in [6.07, 6.45) is 9.70. The molecule has 1 aromatic carbocycles. The zero-order valence-electron chi connectivity index (χ0n) is 15.4. The first-order valence-electron chi connectivity index (χ1n) is 10.4. The lowest BCUT2D eigenvalue weighted by molar-refractivity contribution is -0.173. The van der Waals surface area contributed by atoms with Crippen LogP contribution in [0.1, 0.15) is 51.4 Å². The third-order valence-corrected chi connectivity index (χ3v) is 7.48. The molecule has 5 rings (SSSR count). The van der Waals surface area contributed by atoms with Crippen LogP contribution in [0.2, 0.25) is 0 Å². The number of hydrogen-bond acceptors (Lipinski definition) is 3. The molecule has 0 bridgehead atoms. The molecule has 2 saturated heterocycles. The molecule has 138 valence electrons. The van der Waals surface area contributed by atoms with Gasteiger partial charge in [-0.3, -0.25) is 14.5 Å². The van der Waals surface area contributed by atoms with Crippen LogP contribution >= 0.6 is 0 Å². The number of benzene rings is 1. The smallest absolute Gasteiger partial charge is 0.239 e. The molecule has 0 aromatic heterocycles. The van der Waals surface area contributed by atoms with E-state index in [0.29, 0.717) is 6.04 Å². The number of piperidine rings is 1. The molecule has 4 heteroatoms. The van der Waals surface area contributed by atoms with Crippen molar-refractivity contribution in [1.82, 2.24) is 4.90 Å². The molecule has 2 saturated carbocycles. The highest BCUT2D eigenvalue weighted by Crippen LogP contribution is 2.64. The van der Waals surface area contributed by atoms with E-state index in [9.17, 15) is 9.59 Å². The zero-order valence-corrected chi connectivity index (χ0v) is 15.4. The fourth-order valence-corrected chi connectivity index (χ4v) is 6.47. The first kappa shape index (κ1) is 16.5. The average Bonchev–Trinajstić information content (AvgIpc) is 2.91. The second-order valence-corrected chi connectivity index (χ2v) is 8.69. The minimum absolute atomic E-state index is 0.0521. The second-order valence-electron chi connectivity index (χ2n) is 8.69. The summed E-state index contributed by atoms with van der Waals surface area (Å²) in [5, 5.41) is 0. The number of amides is 2. The number of para-hydroxylation sites is 1. The van der Waals surface area contributed by atoms with Crippen molar-refractivity contribution in [2.24, 2.45) is 17.3 Å². The minimum atomic E-state index is -0.112. The highest BCUT2D eigenvalue weighted by atomic mass is 16.2. The highest BCUT2D eigenvalue weighted by Gasteiger charge is 2.73. The van der Waals surface area contributed by atoms with Gasteiger partial charge in [0.1, 0.15) is 0 Å². The maximum atomic E-state index is 13.4. The Hall–Kier alpha value is -1.68. The zero-order chi connectivity index (χ0) is 17.7. The fraction of sp³-hybridized carbons (Fsp3) is 0.636. The number of likely N-dealkylation sites (tertiary alicyclic amines) is 1. The summed E-state index contributed by atoms with van der Waals surface area (Å²) in [5.74, 6) is -0.0688. The summed E-state index contributed by atoms with van der Waals surface area (Å²) >= 11 is 0. The Morgan fingerprint density at radius 1 is 0.808 bits per heavy atom. The number of fused-ring (bicyclic) bond motifs is 2. The predicted octanol–water partition coefficient (Wildman–Crippen LogP) is 3.61. The molecular weight excluding hydrogens is 324 g/mol. The molecule has 1 spiro atoms. The molecule has 1 aromatic rings. The van der Waals surface area contributed by atoms with Crippen LogP contribution in [0.25, 0.3) is 0 Å². The van der Waals surface area contributed by atoms with Gasteiger partial charge in [-0.2, -0.15) is 0 Å². The van der Waals surface area contributed by atoms with Gasteiger partial charge in [-0.15, -0.1) is 0 Å². The first-order chi connectivity index (χ1) is 12.7. The van der Waals surface area contributed by atoms with Crippen molar-refractivity contribution < 1.29 is 9.59 Å². The van der Waals surface area contributed by atoms with Gasteiger partial charge in [-0.25, -0.2) is 4.90 Å². The Morgan fingerprint density at radius 2 is 1.46 bits per heavy atom. The monoisotopic (exact) mass is 352 g/mol. The molecule has 26 heavy (non-hydrogen) atoms. The van der Waals surface area contributed by atoms with Gasteiger partial charge >= 0.3 is 0 Å². The van der Waals surface area contributed by atoms with E-state index in [1.807, 2.05) is 30.3 Å². The Morgan fingerprint density at radius 3 is 2.15 bits per heavy atom. The Balaban J connectivity index is 1.52. The first-order valence-corrected chi connectivity index (χ1v) is 10.4. The van der Waals surface area contributed by atoms with E-state index >= 15 is 0 Å². The molecular formula is C22H28N2O2. The van der Waals surface area contributed by atoms with Crippen molar-refractivity contribution in [3.63, 3.8) is 0 Å². The third-order valence-electron chi connectivity index (χ3n) is 7.48. The van der Waals surface area contributed by atoms with Crippen LogP contribution < -0.4 is 4.90 Å². The largest absolute Gasteiger partial charge is 0.299 e. The summed E-state index contributed by atoms with van der Waals surface area (Å²) in [6.45, 7) is 2.20. The number of carbonyl (C=O) groups excluding carboxylic acids is 2. The van der Waals surface area contributed by atoms with Crippen molar-refractivity contribution >= 4 is 17.5 Å². The number of imide groups is 1. The molecule has 4 fully saturated rings. The van der Waals surface area contributed by atoms with Crippen molar-refractivity contribution in [2.45, 2.75) is 57.4 Å². The second kappa shape index (κ2) is 6.19. The van der Waals surface area contributed by atoms with E-state index in [-0.39, 0.29) is 29.1 Å². The van der Waals surface area contributed by atoms with E-state index in [0.717, 1.165) is 31.6 Å². The van der Waals surface area contributed by atoms with Crippen molar-refractivity contribution in [3.8, 4) is 0 Å². The van der Waals surface area contributed by atoms with Gasteiger partial charge in [0.2, 0.25) is 11.8 Å². The van der Waals surface area contributed by atoms with Crippen LogP contribution in [-0.4, -0.2) is 35.8 Å². The number of nitrogens with zero attached hydrogens (tertiary/aromatic N) is 2. The fourth-order valence-electron chi connectivity index (χ4n) is 6.47. The maximum absolute atomic E-state index is 13.4. The minimum Gasteiger partial charge on any atom is -0.299 e. The summed E-state index contributed by atoms with van der Waals surface area (Å²) < 4.78 is 0. The Bertz CT molecular complexity index is 704. The average molecular weight is 352 g/mol. The van der Waals surface area contributed by atoms with Crippen molar-refractivity contribution in [3.05, 3.63) is 30.3 Å². The van der Waals surface area contributed by atoms with Crippen LogP contribution in [0.3, 0.4) is 0 Å². The summed E-state index contributed by atoms with van der Waals surface area (Å²) in [7, 11) is 0. The molecule has 2 amide bonds. The number of carbonyl (C=O) groups is 2. The van der Waals surface area contributed by atoms with Gasteiger partial charge in [0.25, 0.3) is 0 Å². The quantitative estimate of drug-likeness (QED) is 0.764. The molecule has 4 aliphatic rings. The molecule has 3 unspecified atom stereocenters. The SMILES string of the molecule is O=C1C2C(C(=O)N1c1ccccc1)C1(CCCCC1)C2N1CCCCC1. The normalized spacial score (nSPS) is 34.0. The molecule has 4 nitrogen and oxygen atoms in total. The van der Waals surface area contributed by atoms with Crippen LogP contribution in [-0.2, 0) is 9.59 Å². The standard InChI is InChI=1S/C22H28N2O2/c25-20-17-18(21(26)24(20)16-10-4-1-5-11-16)22(12-6-2-7-13-22)19(17)23-14-8-3-9-15-23/h1,4-5,10-11,17-19H,2-3,6-9,12-15H2. The van der Waals surface area contributed by atoms with Crippen LogP contribution in [0, 0.1) is 17.3 Å². The van der Waals surface area contributed by atoms with Crippen molar-refractivity contribution in [2.75, 3.05) is 18.0 Å². The number of rotatable bonds is 2. The third kappa shape index (κ3) is 2.17. The van der Waals surface area contributed by atoms with E-state index in [4.69, 9.17) is 0 Å². The van der Waals surface area contributed by atoms with E-state index < -0.39 is 0 Å². The van der Waals surface area contributed by atoms with Gasteiger partial charge in [0.05, 0.1) is 17.5 Å². The van der Waals surface area contributed by atoms with E-state index in [1.54, 1.807) is 0 Å². The van der Waals surface area contributed by atoms with Gasteiger partial charge in [-0.05, 0) is 56.3 Å². The lowest BCUT2D eigenvalue weighted by atomic mass is 9.45. The lowest BCUT2D eigenvalue weighted by Gasteiger charge is -2.62. The van der Waals surface area contributed by atoms with Gasteiger partial charge < -0.3 is 0 Å². The molecule has 3 atom stereocenters. The van der Waals surface area contributed by atoms with Crippen LogP contribution in [0.4, 0.5) is 5.69 Å². The lowest BCUT2D eigenvalue weighted by Crippen LogP contribution is -2.69. The maximum Gasteiger partial charge on any atom is 0.239 e. The van der Waals surface area contributed by atoms with Crippen LogP contribution in [0.15, 0.2) is 30.3 Å². The van der Waals surface area contributed by atoms with Gasteiger partial charge in [0, 0.05) is 6.04 Å². The van der Waals surface area contributed by atoms with Gasteiger partial charge in [0.15, 0.2) is 0 Å². The summed E-state index contributed by atoms with van der Waals surface area (Å²) in [4.78, 5) is 30.8. The summed E-state index contributed by atoms with van der Waals surface area (Å²) in [5.41, 5.74) is 0.802. The van der Waals surface area contributed by atoms with Crippen LogP contribution in [0.5, 0.6) is 0 Å². The van der Waals surface area contributed by atoms with Gasteiger partial charge in [-0.1, -0.05) is 43.9 Å². The van der Waals surface area contributed by atoms with Crippen molar-refractivity contribution in [1.29, 1.82) is 0 Å². The molecule has 0 radical (unpaired) electrons. The Labute approximate surface area is 155 Å². The molecule has 2 heterocycles. The Kier molecular flexibility index (Phi) is 3.93. The topological polar surface area (TPSA) is 40.6 Å².